The Bertz CT molecular complexity index is 643. The lowest BCUT2D eigenvalue weighted by Gasteiger charge is -2.01. The van der Waals surface area contributed by atoms with Crippen LogP contribution in [-0.2, 0) is 0 Å². The van der Waals surface area contributed by atoms with Gasteiger partial charge >= 0.3 is 0 Å². The molecule has 1 N–H and O–H groups in total. The zero-order valence-corrected chi connectivity index (χ0v) is 10.2. The minimum absolute atomic E-state index is 0.0416. The Hall–Kier alpha value is -2.32. The standard InChI is InChI=1S/C12H8ClN3O2/c1-7-10(6-14)12(18-16-7)15-11(17)8-3-2-4-9(13)5-8/h2-5H,1H3,(H,15,17). The first-order valence-corrected chi connectivity index (χ1v) is 5.43. The van der Waals surface area contributed by atoms with E-state index in [0.717, 1.165) is 0 Å². The number of amides is 1. The summed E-state index contributed by atoms with van der Waals surface area (Å²) in [5.41, 5.74) is 1.02. The van der Waals surface area contributed by atoms with Gasteiger partial charge in [0.1, 0.15) is 17.3 Å². The molecule has 0 fully saturated rings. The van der Waals surface area contributed by atoms with Crippen LogP contribution in [0.3, 0.4) is 0 Å². The Morgan fingerprint density at radius 2 is 2.33 bits per heavy atom. The van der Waals surface area contributed by atoms with Crippen LogP contribution in [-0.4, -0.2) is 11.1 Å². The summed E-state index contributed by atoms with van der Waals surface area (Å²) in [7, 11) is 0. The van der Waals surface area contributed by atoms with Crippen LogP contribution in [0.5, 0.6) is 0 Å². The molecule has 2 rings (SSSR count). The fourth-order valence-corrected chi connectivity index (χ4v) is 1.58. The zero-order chi connectivity index (χ0) is 13.1. The van der Waals surface area contributed by atoms with Crippen LogP contribution >= 0.6 is 11.6 Å². The van der Waals surface area contributed by atoms with Crippen molar-refractivity contribution in [2.24, 2.45) is 0 Å². The first-order valence-electron chi connectivity index (χ1n) is 5.05. The van der Waals surface area contributed by atoms with Crippen molar-refractivity contribution in [3.05, 3.63) is 46.1 Å². The lowest BCUT2D eigenvalue weighted by molar-refractivity contribution is 0.102. The van der Waals surface area contributed by atoms with E-state index >= 15 is 0 Å². The fraction of sp³-hybridized carbons (Fsp3) is 0.0833. The van der Waals surface area contributed by atoms with Crippen molar-refractivity contribution in [1.29, 1.82) is 5.26 Å². The highest BCUT2D eigenvalue weighted by Crippen LogP contribution is 2.19. The van der Waals surface area contributed by atoms with E-state index in [4.69, 9.17) is 21.4 Å². The number of rotatable bonds is 2. The van der Waals surface area contributed by atoms with Crippen molar-refractivity contribution < 1.29 is 9.32 Å². The van der Waals surface area contributed by atoms with Gasteiger partial charge in [0, 0.05) is 10.6 Å². The van der Waals surface area contributed by atoms with Crippen LogP contribution < -0.4 is 5.32 Å². The lowest BCUT2D eigenvalue weighted by atomic mass is 10.2. The summed E-state index contributed by atoms with van der Waals surface area (Å²) in [6.07, 6.45) is 0. The Labute approximate surface area is 108 Å². The van der Waals surface area contributed by atoms with Crippen molar-refractivity contribution in [3.8, 4) is 6.07 Å². The first kappa shape index (κ1) is 12.1. The number of nitrogens with one attached hydrogen (secondary N) is 1. The predicted octanol–water partition coefficient (Wildman–Crippen LogP) is 2.76. The quantitative estimate of drug-likeness (QED) is 0.901. The summed E-state index contributed by atoms with van der Waals surface area (Å²) >= 11 is 5.79. The van der Waals surface area contributed by atoms with Gasteiger partial charge in [-0.25, -0.2) is 0 Å². The maximum Gasteiger partial charge on any atom is 0.258 e. The third-order valence-electron chi connectivity index (χ3n) is 2.29. The first-order chi connectivity index (χ1) is 8.61. The molecule has 2 aromatic rings. The van der Waals surface area contributed by atoms with Gasteiger partial charge in [-0.1, -0.05) is 22.8 Å². The van der Waals surface area contributed by atoms with Gasteiger partial charge in [0.15, 0.2) is 0 Å². The SMILES string of the molecule is Cc1noc(NC(=O)c2cccc(Cl)c2)c1C#N. The summed E-state index contributed by atoms with van der Waals surface area (Å²) in [4.78, 5) is 11.9. The Balaban J connectivity index is 2.25. The van der Waals surface area contributed by atoms with Crippen LogP contribution in [0.4, 0.5) is 5.88 Å². The molecule has 1 aromatic carbocycles. The minimum atomic E-state index is -0.412. The van der Waals surface area contributed by atoms with E-state index in [1.165, 1.54) is 6.07 Å². The van der Waals surface area contributed by atoms with Gasteiger partial charge in [0.25, 0.3) is 5.91 Å². The van der Waals surface area contributed by atoms with Crippen LogP contribution in [0, 0.1) is 18.3 Å². The number of hydrogen-bond acceptors (Lipinski definition) is 4. The molecule has 0 radical (unpaired) electrons. The molecule has 0 aliphatic rings. The van der Waals surface area contributed by atoms with Crippen molar-refractivity contribution in [3.63, 3.8) is 0 Å². The van der Waals surface area contributed by atoms with Crippen molar-refractivity contribution in [2.45, 2.75) is 6.92 Å². The fourth-order valence-electron chi connectivity index (χ4n) is 1.39. The highest BCUT2D eigenvalue weighted by Gasteiger charge is 2.16. The molecule has 0 saturated heterocycles. The molecular formula is C12H8ClN3O2. The number of carbonyl (C=O) groups excluding carboxylic acids is 1. The molecule has 90 valence electrons. The molecule has 0 spiro atoms. The second kappa shape index (κ2) is 4.90. The lowest BCUT2D eigenvalue weighted by Crippen LogP contribution is -2.12. The van der Waals surface area contributed by atoms with E-state index < -0.39 is 5.91 Å². The smallest absolute Gasteiger partial charge is 0.258 e. The summed E-state index contributed by atoms with van der Waals surface area (Å²) in [5.74, 6) is -0.370. The monoisotopic (exact) mass is 261 g/mol. The van der Waals surface area contributed by atoms with E-state index in [-0.39, 0.29) is 11.4 Å². The Kier molecular flexibility index (Phi) is 3.31. The minimum Gasteiger partial charge on any atom is -0.337 e. The number of hydrogen-bond donors (Lipinski definition) is 1. The maximum atomic E-state index is 11.9. The van der Waals surface area contributed by atoms with Gasteiger partial charge in [0.05, 0.1) is 0 Å². The highest BCUT2D eigenvalue weighted by atomic mass is 35.5. The third-order valence-corrected chi connectivity index (χ3v) is 2.52. The van der Waals surface area contributed by atoms with Crippen LogP contribution in [0.15, 0.2) is 28.8 Å². The van der Waals surface area contributed by atoms with Gasteiger partial charge in [-0.2, -0.15) is 5.26 Å². The van der Waals surface area contributed by atoms with E-state index in [0.29, 0.717) is 16.3 Å². The predicted molar refractivity (Wildman–Crippen MR) is 65.4 cm³/mol. The van der Waals surface area contributed by atoms with Crippen LogP contribution in [0.2, 0.25) is 5.02 Å². The van der Waals surface area contributed by atoms with Crippen molar-refractivity contribution in [1.82, 2.24) is 5.16 Å². The average molecular weight is 262 g/mol. The number of nitriles is 1. The molecule has 0 atom stereocenters. The number of aromatic nitrogens is 1. The Morgan fingerprint density at radius 1 is 1.56 bits per heavy atom. The van der Waals surface area contributed by atoms with Crippen molar-refractivity contribution in [2.75, 3.05) is 5.32 Å². The van der Waals surface area contributed by atoms with Crippen LogP contribution in [0.1, 0.15) is 21.6 Å². The van der Waals surface area contributed by atoms with Crippen molar-refractivity contribution >= 4 is 23.4 Å². The molecule has 1 heterocycles. The molecule has 0 saturated carbocycles. The number of anilines is 1. The molecule has 0 aliphatic heterocycles. The third kappa shape index (κ3) is 2.34. The van der Waals surface area contributed by atoms with E-state index in [9.17, 15) is 4.79 Å². The molecule has 18 heavy (non-hydrogen) atoms. The molecule has 0 unspecified atom stereocenters. The largest absolute Gasteiger partial charge is 0.337 e. The molecule has 5 nitrogen and oxygen atoms in total. The maximum absolute atomic E-state index is 11.9. The molecular weight excluding hydrogens is 254 g/mol. The number of benzene rings is 1. The number of halogens is 1. The van der Waals surface area contributed by atoms with E-state index in [1.54, 1.807) is 25.1 Å². The van der Waals surface area contributed by atoms with Crippen LogP contribution in [0.25, 0.3) is 0 Å². The average Bonchev–Trinajstić information content (AvgIpc) is 2.69. The number of carbonyl (C=O) groups is 1. The second-order valence-corrected chi connectivity index (χ2v) is 3.98. The molecule has 1 aromatic heterocycles. The molecule has 1 amide bonds. The molecule has 6 heteroatoms. The summed E-state index contributed by atoms with van der Waals surface area (Å²) in [6, 6.07) is 8.37. The van der Waals surface area contributed by atoms with Gasteiger partial charge < -0.3 is 4.52 Å². The molecule has 0 bridgehead atoms. The summed E-state index contributed by atoms with van der Waals surface area (Å²) in [6.45, 7) is 1.62. The normalized spacial score (nSPS) is 9.83. The summed E-state index contributed by atoms with van der Waals surface area (Å²) < 4.78 is 4.87. The number of aryl methyl sites for hydroxylation is 1. The van der Waals surface area contributed by atoms with Gasteiger partial charge in [0.2, 0.25) is 5.88 Å². The summed E-state index contributed by atoms with van der Waals surface area (Å²) in [5, 5.41) is 15.4. The van der Waals surface area contributed by atoms with Gasteiger partial charge in [-0.3, -0.25) is 10.1 Å². The zero-order valence-electron chi connectivity index (χ0n) is 9.40. The Morgan fingerprint density at radius 3 is 3.00 bits per heavy atom. The number of nitrogens with zero attached hydrogens (tertiary/aromatic N) is 2. The second-order valence-electron chi connectivity index (χ2n) is 3.55. The molecule has 0 aliphatic carbocycles. The topological polar surface area (TPSA) is 78.9 Å². The van der Waals surface area contributed by atoms with E-state index in [1.807, 2.05) is 6.07 Å². The van der Waals surface area contributed by atoms with Gasteiger partial charge in [-0.15, -0.1) is 0 Å². The van der Waals surface area contributed by atoms with Gasteiger partial charge in [-0.05, 0) is 25.1 Å². The van der Waals surface area contributed by atoms with E-state index in [2.05, 4.69) is 10.5 Å². The highest BCUT2D eigenvalue weighted by molar-refractivity contribution is 6.31.